The second-order valence-corrected chi connectivity index (χ2v) is 22.9. The summed E-state index contributed by atoms with van der Waals surface area (Å²) >= 11 is 0. The molecule has 4 N–H and O–H groups in total. The number of hydrogen-bond acceptors (Lipinski definition) is 10. The number of aliphatic imine (C=N–C) groups is 4. The van der Waals surface area contributed by atoms with Crippen LogP contribution < -0.4 is 0 Å². The molecule has 70 heavy (non-hydrogen) atoms. The first-order chi connectivity index (χ1) is 33.0. The average Bonchev–Trinajstić information content (AvgIpc) is 3.27. The molecule has 10 nitrogen and oxygen atoms in total. The average molecular weight is 957 g/mol. The van der Waals surface area contributed by atoms with Crippen molar-refractivity contribution in [2.75, 3.05) is 65.4 Å². The van der Waals surface area contributed by atoms with Gasteiger partial charge in [-0.1, -0.05) is 132 Å². The van der Waals surface area contributed by atoms with E-state index in [1.54, 1.807) is 0 Å². The van der Waals surface area contributed by atoms with E-state index in [1.807, 2.05) is 97.7 Å². The molecule has 10 heteroatoms. The number of nitrogens with zero attached hydrogens (tertiary/aromatic N) is 6. The van der Waals surface area contributed by atoms with Gasteiger partial charge in [-0.3, -0.25) is 20.0 Å². The first-order valence-electron chi connectivity index (χ1n) is 25.7. The van der Waals surface area contributed by atoms with Crippen molar-refractivity contribution in [3.8, 4) is 23.0 Å². The molecule has 0 radical (unpaired) electrons. The Hall–Kier alpha value is -5.32. The topological polar surface area (TPSA) is 137 Å². The fourth-order valence-electron chi connectivity index (χ4n) is 8.62. The Morgan fingerprint density at radius 2 is 0.529 bits per heavy atom. The molecule has 0 saturated carbocycles. The van der Waals surface area contributed by atoms with E-state index in [1.165, 1.54) is 0 Å². The van der Waals surface area contributed by atoms with Gasteiger partial charge in [0.15, 0.2) is 0 Å². The lowest BCUT2D eigenvalue weighted by Gasteiger charge is -2.24. The minimum atomic E-state index is -0.161. The summed E-state index contributed by atoms with van der Waals surface area (Å²) in [6.07, 6.45) is 12.9. The number of benzene rings is 4. The molecule has 0 aromatic heterocycles. The summed E-state index contributed by atoms with van der Waals surface area (Å²) in [6, 6.07) is 23.5. The standard InChI is InChI=1S/C60H88N6O4/c1-57(2,3)49-27-15-23-45(53(49)67)41-61-31-19-37-65(38-20-32-62-42-46-24-16-28-50(54(46)68)58(4,5)6)35-13-14-36-66(39-21-33-63-43-47-25-17-29-51(55(47)69)59(7,8)9)40-22-34-64-44-48-26-18-30-52(56(48)70)60(10,11)12/h15-18,23-30,41-44,67-70H,13-14,19-22,31-40H2,1-12H3. The van der Waals surface area contributed by atoms with Gasteiger partial charge < -0.3 is 30.2 Å². The summed E-state index contributed by atoms with van der Waals surface area (Å²) in [6.45, 7) is 33.5. The van der Waals surface area contributed by atoms with Crippen molar-refractivity contribution in [3.63, 3.8) is 0 Å². The van der Waals surface area contributed by atoms with Gasteiger partial charge >= 0.3 is 0 Å². The predicted octanol–water partition coefficient (Wildman–Crippen LogP) is 12.4. The first kappa shape index (κ1) is 57.3. The van der Waals surface area contributed by atoms with Crippen molar-refractivity contribution in [1.29, 1.82) is 0 Å². The Labute approximate surface area is 422 Å². The van der Waals surface area contributed by atoms with Crippen LogP contribution in [0.15, 0.2) is 92.8 Å². The zero-order valence-corrected chi connectivity index (χ0v) is 45.0. The number of para-hydroxylation sites is 4. The van der Waals surface area contributed by atoms with Crippen LogP contribution in [0.5, 0.6) is 23.0 Å². The zero-order chi connectivity index (χ0) is 51.5. The molecule has 382 valence electrons. The van der Waals surface area contributed by atoms with E-state index in [4.69, 9.17) is 20.0 Å². The SMILES string of the molecule is CC(C)(C)c1cccc(C=NCCCN(CCCCN(CCCN=Cc2cccc(C(C)(C)C)c2O)CCCN=Cc2cccc(C(C)(C)C)c2O)CCCN=Cc2cccc(C(C)(C)C)c2O)c1O. The minimum Gasteiger partial charge on any atom is -0.507 e. The monoisotopic (exact) mass is 957 g/mol. The molecule has 0 amide bonds. The molecular weight excluding hydrogens is 869 g/mol. The molecular formula is C60H88N6O4. The van der Waals surface area contributed by atoms with Crippen LogP contribution in [0, 0.1) is 0 Å². The summed E-state index contributed by atoms with van der Waals surface area (Å²) in [5.41, 5.74) is 6.03. The Morgan fingerprint density at radius 1 is 0.329 bits per heavy atom. The normalized spacial score (nSPS) is 13.2. The second-order valence-electron chi connectivity index (χ2n) is 22.9. The molecule has 0 aliphatic heterocycles. The molecule has 0 atom stereocenters. The number of phenolic OH excluding ortho intramolecular Hbond substituents is 4. The van der Waals surface area contributed by atoms with Crippen LogP contribution >= 0.6 is 0 Å². The molecule has 0 spiro atoms. The lowest BCUT2D eigenvalue weighted by molar-refractivity contribution is 0.237. The molecule has 4 aromatic carbocycles. The number of hydrogen-bond donors (Lipinski definition) is 4. The Morgan fingerprint density at radius 3 is 0.729 bits per heavy atom. The molecule has 0 heterocycles. The van der Waals surface area contributed by atoms with E-state index in [9.17, 15) is 20.4 Å². The highest BCUT2D eigenvalue weighted by atomic mass is 16.3. The summed E-state index contributed by atoms with van der Waals surface area (Å²) < 4.78 is 0. The Kier molecular flexibility index (Phi) is 21.9. The highest BCUT2D eigenvalue weighted by molar-refractivity contribution is 5.86. The van der Waals surface area contributed by atoms with Gasteiger partial charge in [0.25, 0.3) is 0 Å². The lowest BCUT2D eigenvalue weighted by atomic mass is 9.85. The second kappa shape index (κ2) is 26.8. The maximum Gasteiger partial charge on any atom is 0.128 e. The zero-order valence-electron chi connectivity index (χ0n) is 45.0. The van der Waals surface area contributed by atoms with E-state index in [0.29, 0.717) is 49.2 Å². The van der Waals surface area contributed by atoms with Crippen LogP contribution in [0.4, 0.5) is 0 Å². The van der Waals surface area contributed by atoms with Crippen LogP contribution in [0.25, 0.3) is 0 Å². The quantitative estimate of drug-likeness (QED) is 0.0386. The maximum atomic E-state index is 11.0. The Balaban J connectivity index is 1.39. The summed E-state index contributed by atoms with van der Waals surface area (Å²) in [4.78, 5) is 24.0. The van der Waals surface area contributed by atoms with Gasteiger partial charge in [0.2, 0.25) is 0 Å². The van der Waals surface area contributed by atoms with Gasteiger partial charge in [0.1, 0.15) is 23.0 Å². The van der Waals surface area contributed by atoms with Gasteiger partial charge in [-0.25, -0.2) is 0 Å². The third kappa shape index (κ3) is 18.5. The van der Waals surface area contributed by atoms with Crippen molar-refractivity contribution in [2.24, 2.45) is 20.0 Å². The summed E-state index contributed by atoms with van der Waals surface area (Å²) in [5, 5.41) is 43.8. The molecule has 0 saturated heterocycles. The fourth-order valence-corrected chi connectivity index (χ4v) is 8.62. The molecule has 4 aromatic rings. The third-order valence-corrected chi connectivity index (χ3v) is 12.7. The van der Waals surface area contributed by atoms with Gasteiger partial charge in [0, 0.05) is 73.3 Å². The van der Waals surface area contributed by atoms with Gasteiger partial charge in [-0.2, -0.15) is 0 Å². The molecule has 0 aliphatic carbocycles. The number of phenols is 4. The molecule has 0 aliphatic rings. The van der Waals surface area contributed by atoms with Crippen LogP contribution in [0.1, 0.15) is 166 Å². The van der Waals surface area contributed by atoms with E-state index >= 15 is 0 Å². The summed E-state index contributed by atoms with van der Waals surface area (Å²) in [7, 11) is 0. The number of rotatable bonds is 25. The van der Waals surface area contributed by atoms with Crippen molar-refractivity contribution in [3.05, 3.63) is 117 Å². The van der Waals surface area contributed by atoms with Gasteiger partial charge in [-0.15, -0.1) is 0 Å². The van der Waals surface area contributed by atoms with Crippen LogP contribution in [0.2, 0.25) is 0 Å². The van der Waals surface area contributed by atoms with Crippen LogP contribution in [0.3, 0.4) is 0 Å². The smallest absolute Gasteiger partial charge is 0.128 e. The highest BCUT2D eigenvalue weighted by Gasteiger charge is 2.22. The third-order valence-electron chi connectivity index (χ3n) is 12.7. The predicted molar refractivity (Wildman–Crippen MR) is 298 cm³/mol. The minimum absolute atomic E-state index is 0.161. The maximum absolute atomic E-state index is 11.0. The molecule has 0 unspecified atom stereocenters. The molecule has 4 rings (SSSR count). The van der Waals surface area contributed by atoms with E-state index in [2.05, 4.69) is 92.9 Å². The van der Waals surface area contributed by atoms with Gasteiger partial charge in [0.05, 0.1) is 0 Å². The largest absolute Gasteiger partial charge is 0.507 e. The fraction of sp³-hybridized carbons (Fsp3) is 0.533. The highest BCUT2D eigenvalue weighted by Crippen LogP contribution is 2.35. The number of unbranched alkanes of at least 4 members (excludes halogenated alkanes) is 1. The summed E-state index contributed by atoms with van der Waals surface area (Å²) in [5.74, 6) is 1.22. The van der Waals surface area contributed by atoms with Crippen molar-refractivity contribution in [2.45, 2.75) is 143 Å². The first-order valence-corrected chi connectivity index (χ1v) is 25.7. The molecule has 0 bridgehead atoms. The van der Waals surface area contributed by atoms with E-state index < -0.39 is 0 Å². The molecule has 0 fully saturated rings. The van der Waals surface area contributed by atoms with Crippen molar-refractivity contribution in [1.82, 2.24) is 9.80 Å². The van der Waals surface area contributed by atoms with Crippen molar-refractivity contribution < 1.29 is 20.4 Å². The Bertz CT molecular complexity index is 2030. The van der Waals surface area contributed by atoms with Crippen molar-refractivity contribution >= 4 is 24.9 Å². The van der Waals surface area contributed by atoms with Gasteiger partial charge in [-0.05, 0) is 146 Å². The van der Waals surface area contributed by atoms with E-state index in [0.717, 1.165) is 122 Å². The van der Waals surface area contributed by atoms with Crippen LogP contribution in [-0.4, -0.2) is 121 Å². The van der Waals surface area contributed by atoms with E-state index in [-0.39, 0.29) is 21.7 Å². The number of aromatic hydroxyl groups is 4. The lowest BCUT2D eigenvalue weighted by Crippen LogP contribution is -2.31. The van der Waals surface area contributed by atoms with Crippen LogP contribution in [-0.2, 0) is 21.7 Å².